The van der Waals surface area contributed by atoms with E-state index < -0.39 is 0 Å². The highest BCUT2D eigenvalue weighted by molar-refractivity contribution is 6.30. The molecule has 136 valence electrons. The lowest BCUT2D eigenvalue weighted by Gasteiger charge is -2.07. The molecule has 0 saturated carbocycles. The van der Waals surface area contributed by atoms with E-state index in [1.165, 1.54) is 0 Å². The molecule has 0 spiro atoms. The average molecular weight is 379 g/mol. The van der Waals surface area contributed by atoms with E-state index in [0.717, 1.165) is 22.4 Å². The van der Waals surface area contributed by atoms with Gasteiger partial charge in [0.15, 0.2) is 0 Å². The third-order valence-corrected chi connectivity index (χ3v) is 4.12. The van der Waals surface area contributed by atoms with Gasteiger partial charge < -0.3 is 4.74 Å². The van der Waals surface area contributed by atoms with E-state index in [-0.39, 0.29) is 5.91 Å². The Bertz CT molecular complexity index is 935. The normalized spacial score (nSPS) is 10.7. The second kappa shape index (κ2) is 9.01. The first-order valence-electron chi connectivity index (χ1n) is 8.47. The molecule has 0 heterocycles. The molecule has 0 radical (unpaired) electrons. The summed E-state index contributed by atoms with van der Waals surface area (Å²) < 4.78 is 5.79. The highest BCUT2D eigenvalue weighted by Crippen LogP contribution is 2.15. The van der Waals surface area contributed by atoms with Gasteiger partial charge in [-0.25, -0.2) is 5.43 Å². The number of aryl methyl sites for hydroxylation is 1. The van der Waals surface area contributed by atoms with E-state index in [0.29, 0.717) is 17.2 Å². The molecule has 1 amide bonds. The zero-order valence-electron chi connectivity index (χ0n) is 14.9. The van der Waals surface area contributed by atoms with Gasteiger partial charge in [-0.15, -0.1) is 0 Å². The minimum absolute atomic E-state index is 0.249. The number of carbonyl (C=O) groups is 1. The Morgan fingerprint density at radius 3 is 2.56 bits per heavy atom. The summed E-state index contributed by atoms with van der Waals surface area (Å²) >= 11 is 5.88. The van der Waals surface area contributed by atoms with Crippen molar-refractivity contribution in [2.24, 2.45) is 5.10 Å². The molecular weight excluding hydrogens is 360 g/mol. The Morgan fingerprint density at radius 1 is 1.07 bits per heavy atom. The van der Waals surface area contributed by atoms with Crippen LogP contribution in [-0.2, 0) is 6.61 Å². The topological polar surface area (TPSA) is 50.7 Å². The molecule has 5 heteroatoms. The monoisotopic (exact) mass is 378 g/mol. The number of benzene rings is 3. The highest BCUT2D eigenvalue weighted by atomic mass is 35.5. The predicted octanol–water partition coefficient (Wildman–Crippen LogP) is 4.99. The summed E-state index contributed by atoms with van der Waals surface area (Å²) in [6.07, 6.45) is 1.58. The van der Waals surface area contributed by atoms with Crippen molar-refractivity contribution in [1.29, 1.82) is 0 Å². The van der Waals surface area contributed by atoms with Crippen molar-refractivity contribution in [3.8, 4) is 5.75 Å². The number of nitrogens with zero attached hydrogens (tertiary/aromatic N) is 1. The van der Waals surface area contributed by atoms with Gasteiger partial charge in [0, 0.05) is 10.6 Å². The maximum atomic E-state index is 12.0. The van der Waals surface area contributed by atoms with Crippen LogP contribution in [0.1, 0.15) is 27.0 Å². The quantitative estimate of drug-likeness (QED) is 0.485. The summed E-state index contributed by atoms with van der Waals surface area (Å²) in [4.78, 5) is 12.0. The first kappa shape index (κ1) is 18.7. The molecule has 0 aliphatic heterocycles. The van der Waals surface area contributed by atoms with Crippen LogP contribution >= 0.6 is 11.6 Å². The number of amides is 1. The molecule has 27 heavy (non-hydrogen) atoms. The van der Waals surface area contributed by atoms with Crippen molar-refractivity contribution in [2.45, 2.75) is 13.5 Å². The molecule has 3 aromatic carbocycles. The molecular formula is C22H19ClN2O2. The van der Waals surface area contributed by atoms with Gasteiger partial charge in [0.05, 0.1) is 6.21 Å². The second-order valence-electron chi connectivity index (χ2n) is 6.05. The summed E-state index contributed by atoms with van der Waals surface area (Å²) in [6.45, 7) is 2.42. The maximum absolute atomic E-state index is 12.0. The molecule has 4 nitrogen and oxygen atoms in total. The number of nitrogens with one attached hydrogen (secondary N) is 1. The lowest BCUT2D eigenvalue weighted by Crippen LogP contribution is -2.17. The third kappa shape index (κ3) is 5.69. The maximum Gasteiger partial charge on any atom is 0.271 e. The highest BCUT2D eigenvalue weighted by Gasteiger charge is 2.03. The fourth-order valence-corrected chi connectivity index (χ4v) is 2.49. The Morgan fingerprint density at radius 2 is 1.81 bits per heavy atom. The first-order chi connectivity index (χ1) is 13.1. The Labute approximate surface area is 163 Å². The number of hydrogen-bond donors (Lipinski definition) is 1. The van der Waals surface area contributed by atoms with Crippen molar-refractivity contribution in [1.82, 2.24) is 5.43 Å². The van der Waals surface area contributed by atoms with E-state index in [2.05, 4.69) is 10.5 Å². The molecule has 0 bridgehead atoms. The zero-order chi connectivity index (χ0) is 19.1. The second-order valence-corrected chi connectivity index (χ2v) is 6.49. The average Bonchev–Trinajstić information content (AvgIpc) is 2.68. The molecule has 0 atom stereocenters. The van der Waals surface area contributed by atoms with Crippen molar-refractivity contribution >= 4 is 23.7 Å². The van der Waals surface area contributed by atoms with Gasteiger partial charge in [0.2, 0.25) is 0 Å². The van der Waals surface area contributed by atoms with Crippen LogP contribution in [-0.4, -0.2) is 12.1 Å². The Hall–Kier alpha value is -3.11. The lowest BCUT2D eigenvalue weighted by molar-refractivity contribution is 0.0955. The summed E-state index contributed by atoms with van der Waals surface area (Å²) in [5.74, 6) is 0.472. The van der Waals surface area contributed by atoms with Crippen LogP contribution in [0.25, 0.3) is 0 Å². The fourth-order valence-electron chi connectivity index (χ4n) is 2.37. The fraction of sp³-hybridized carbons (Fsp3) is 0.0909. The smallest absolute Gasteiger partial charge is 0.271 e. The van der Waals surface area contributed by atoms with E-state index >= 15 is 0 Å². The summed E-state index contributed by atoms with van der Waals surface area (Å²) in [5, 5.41) is 4.71. The first-order valence-corrected chi connectivity index (χ1v) is 8.85. The number of hydrazone groups is 1. The van der Waals surface area contributed by atoms with Crippen LogP contribution in [0.5, 0.6) is 5.75 Å². The largest absolute Gasteiger partial charge is 0.489 e. The number of ether oxygens (including phenoxy) is 1. The van der Waals surface area contributed by atoms with E-state index in [1.54, 1.807) is 18.3 Å². The van der Waals surface area contributed by atoms with Crippen molar-refractivity contribution < 1.29 is 9.53 Å². The Kier molecular flexibility index (Phi) is 6.23. The van der Waals surface area contributed by atoms with Crippen LogP contribution in [0.4, 0.5) is 0 Å². The summed E-state index contributed by atoms with van der Waals surface area (Å²) in [5.41, 5.74) is 6.05. The number of hydrogen-bond acceptors (Lipinski definition) is 3. The SMILES string of the molecule is Cc1ccc(C(=O)N/N=C/c2cccc(OCc3ccc(Cl)cc3)c2)cc1. The molecule has 3 rings (SSSR count). The molecule has 0 aromatic heterocycles. The number of carbonyl (C=O) groups excluding carboxylic acids is 1. The van der Waals surface area contributed by atoms with Crippen LogP contribution in [0.3, 0.4) is 0 Å². The summed E-state index contributed by atoms with van der Waals surface area (Å²) in [7, 11) is 0. The van der Waals surface area contributed by atoms with Crippen LogP contribution in [0, 0.1) is 6.92 Å². The van der Waals surface area contributed by atoms with Gasteiger partial charge in [-0.2, -0.15) is 5.10 Å². The molecule has 3 aromatic rings. The lowest BCUT2D eigenvalue weighted by atomic mass is 10.1. The molecule has 0 fully saturated rings. The summed E-state index contributed by atoms with van der Waals surface area (Å²) in [6, 6.07) is 22.3. The molecule has 1 N–H and O–H groups in total. The van der Waals surface area contributed by atoms with Gasteiger partial charge >= 0.3 is 0 Å². The van der Waals surface area contributed by atoms with E-state index in [9.17, 15) is 4.79 Å². The molecule has 0 aliphatic rings. The van der Waals surface area contributed by atoms with Crippen molar-refractivity contribution in [2.75, 3.05) is 0 Å². The zero-order valence-corrected chi connectivity index (χ0v) is 15.6. The molecule has 0 unspecified atom stereocenters. The van der Waals surface area contributed by atoms with Gasteiger partial charge in [-0.05, 0) is 54.4 Å². The van der Waals surface area contributed by atoms with Crippen LogP contribution < -0.4 is 10.2 Å². The van der Waals surface area contributed by atoms with Gasteiger partial charge in [0.25, 0.3) is 5.91 Å². The van der Waals surface area contributed by atoms with Gasteiger partial charge in [0.1, 0.15) is 12.4 Å². The standard InChI is InChI=1S/C22H19ClN2O2/c1-16-5-9-19(10-6-16)22(26)25-24-14-18-3-2-4-21(13-18)27-15-17-7-11-20(23)12-8-17/h2-14H,15H2,1H3,(H,25,26)/b24-14+. The minimum atomic E-state index is -0.249. The van der Waals surface area contributed by atoms with Crippen molar-refractivity contribution in [3.63, 3.8) is 0 Å². The third-order valence-electron chi connectivity index (χ3n) is 3.87. The number of rotatable bonds is 6. The van der Waals surface area contributed by atoms with E-state index in [4.69, 9.17) is 16.3 Å². The Balaban J connectivity index is 1.56. The number of halogens is 1. The molecule has 0 saturated heterocycles. The minimum Gasteiger partial charge on any atom is -0.489 e. The van der Waals surface area contributed by atoms with E-state index in [1.807, 2.05) is 67.6 Å². The van der Waals surface area contributed by atoms with Crippen molar-refractivity contribution in [3.05, 3.63) is 100 Å². The van der Waals surface area contributed by atoms with Crippen LogP contribution in [0.2, 0.25) is 5.02 Å². The van der Waals surface area contributed by atoms with Gasteiger partial charge in [-0.1, -0.05) is 53.6 Å². The molecule has 0 aliphatic carbocycles. The van der Waals surface area contributed by atoms with Crippen LogP contribution in [0.15, 0.2) is 77.9 Å². The predicted molar refractivity (Wildman–Crippen MR) is 108 cm³/mol. The van der Waals surface area contributed by atoms with Gasteiger partial charge in [-0.3, -0.25) is 4.79 Å².